The molecule has 2 heterocycles. The van der Waals surface area contributed by atoms with Gasteiger partial charge in [-0.2, -0.15) is 0 Å². The van der Waals surface area contributed by atoms with Crippen LogP contribution < -0.4 is 10.2 Å². The number of piperazine rings is 1. The van der Waals surface area contributed by atoms with Gasteiger partial charge in [0, 0.05) is 19.3 Å². The first-order chi connectivity index (χ1) is 7.53. The molecular weight excluding hydrogens is 319 g/mol. The molecule has 0 atom stereocenters. The van der Waals surface area contributed by atoms with E-state index in [1.54, 1.807) is 6.20 Å². The Bertz CT molecular complexity index is 421. The Morgan fingerprint density at radius 3 is 3.00 bits per heavy atom. The standard InChI is InChI=1S/C10H13IN4O/c1-10(2)9(16)13-3-4-15(10)8-7(11)5-12-6-14-8/h5-6H,3-4H2,1-2H3,(H,13,16). The molecule has 0 unspecified atom stereocenters. The Morgan fingerprint density at radius 1 is 1.56 bits per heavy atom. The first-order valence-electron chi connectivity index (χ1n) is 5.05. The molecule has 5 nitrogen and oxygen atoms in total. The van der Waals surface area contributed by atoms with Crippen LogP contribution in [0.25, 0.3) is 0 Å². The Hall–Kier alpha value is -0.920. The molecule has 2 rings (SSSR count). The summed E-state index contributed by atoms with van der Waals surface area (Å²) in [5.74, 6) is 0.864. The van der Waals surface area contributed by atoms with E-state index in [4.69, 9.17) is 0 Å². The van der Waals surface area contributed by atoms with Crippen LogP contribution >= 0.6 is 22.6 Å². The van der Waals surface area contributed by atoms with Crippen molar-refractivity contribution in [2.75, 3.05) is 18.0 Å². The quantitative estimate of drug-likeness (QED) is 0.773. The molecule has 1 N–H and O–H groups in total. The molecule has 1 aliphatic heterocycles. The van der Waals surface area contributed by atoms with E-state index in [-0.39, 0.29) is 5.91 Å². The van der Waals surface area contributed by atoms with Crippen molar-refractivity contribution in [3.05, 3.63) is 16.1 Å². The van der Waals surface area contributed by atoms with Crippen molar-refractivity contribution in [3.63, 3.8) is 0 Å². The second kappa shape index (κ2) is 4.15. The third-order valence-corrected chi connectivity index (χ3v) is 3.52. The van der Waals surface area contributed by atoms with E-state index >= 15 is 0 Å². The molecule has 1 aromatic rings. The van der Waals surface area contributed by atoms with E-state index in [9.17, 15) is 4.79 Å². The molecule has 1 amide bonds. The summed E-state index contributed by atoms with van der Waals surface area (Å²) in [6.45, 7) is 5.23. The highest BCUT2D eigenvalue weighted by Crippen LogP contribution is 2.27. The maximum atomic E-state index is 11.8. The van der Waals surface area contributed by atoms with Gasteiger partial charge < -0.3 is 10.2 Å². The summed E-state index contributed by atoms with van der Waals surface area (Å²) >= 11 is 2.19. The number of halogens is 1. The highest BCUT2D eigenvalue weighted by Gasteiger charge is 2.38. The van der Waals surface area contributed by atoms with Crippen LogP contribution in [-0.2, 0) is 4.79 Å². The predicted molar refractivity (Wildman–Crippen MR) is 69.2 cm³/mol. The molecule has 16 heavy (non-hydrogen) atoms. The zero-order valence-electron chi connectivity index (χ0n) is 9.20. The van der Waals surface area contributed by atoms with Crippen molar-refractivity contribution >= 4 is 34.3 Å². The number of rotatable bonds is 1. The molecule has 0 bridgehead atoms. The summed E-state index contributed by atoms with van der Waals surface area (Å²) < 4.78 is 0.961. The fourth-order valence-electron chi connectivity index (χ4n) is 1.78. The lowest BCUT2D eigenvalue weighted by Gasteiger charge is -2.42. The van der Waals surface area contributed by atoms with Crippen LogP contribution in [0, 0.1) is 3.57 Å². The predicted octanol–water partition coefficient (Wildman–Crippen LogP) is 0.796. The minimum absolute atomic E-state index is 0.0353. The van der Waals surface area contributed by atoms with Crippen molar-refractivity contribution < 1.29 is 4.79 Å². The topological polar surface area (TPSA) is 58.1 Å². The van der Waals surface area contributed by atoms with E-state index in [0.29, 0.717) is 6.54 Å². The van der Waals surface area contributed by atoms with Crippen LogP contribution in [0.2, 0.25) is 0 Å². The monoisotopic (exact) mass is 332 g/mol. The molecular formula is C10H13IN4O. The second-order valence-electron chi connectivity index (χ2n) is 4.16. The number of aromatic nitrogens is 2. The largest absolute Gasteiger partial charge is 0.352 e. The van der Waals surface area contributed by atoms with Crippen LogP contribution in [0.15, 0.2) is 12.5 Å². The van der Waals surface area contributed by atoms with Crippen LogP contribution in [-0.4, -0.2) is 34.5 Å². The van der Waals surface area contributed by atoms with Crippen LogP contribution in [0.5, 0.6) is 0 Å². The van der Waals surface area contributed by atoms with Crippen molar-refractivity contribution in [3.8, 4) is 0 Å². The normalized spacial score (nSPS) is 19.4. The third kappa shape index (κ3) is 1.85. The van der Waals surface area contributed by atoms with Crippen LogP contribution in [0.4, 0.5) is 5.82 Å². The summed E-state index contributed by atoms with van der Waals surface area (Å²) in [6.07, 6.45) is 3.27. The van der Waals surface area contributed by atoms with Gasteiger partial charge in [0.05, 0.1) is 3.57 Å². The van der Waals surface area contributed by atoms with Gasteiger partial charge in [-0.3, -0.25) is 4.79 Å². The SMILES string of the molecule is CC1(C)C(=O)NCCN1c1ncncc1I. The summed E-state index contributed by atoms with van der Waals surface area (Å²) in [4.78, 5) is 22.1. The summed E-state index contributed by atoms with van der Waals surface area (Å²) in [7, 11) is 0. The highest BCUT2D eigenvalue weighted by molar-refractivity contribution is 14.1. The third-order valence-electron chi connectivity index (χ3n) is 2.76. The van der Waals surface area contributed by atoms with Crippen LogP contribution in [0.3, 0.4) is 0 Å². The zero-order chi connectivity index (χ0) is 11.8. The lowest BCUT2D eigenvalue weighted by Crippen LogP contribution is -2.62. The maximum Gasteiger partial charge on any atom is 0.245 e. The fraction of sp³-hybridized carbons (Fsp3) is 0.500. The molecule has 0 radical (unpaired) electrons. The fourth-order valence-corrected chi connectivity index (χ4v) is 2.37. The second-order valence-corrected chi connectivity index (χ2v) is 5.32. The summed E-state index contributed by atoms with van der Waals surface area (Å²) in [5.41, 5.74) is -0.563. The number of hydrogen-bond donors (Lipinski definition) is 1. The molecule has 0 aliphatic carbocycles. The molecule has 0 spiro atoms. The van der Waals surface area contributed by atoms with Crippen LogP contribution in [0.1, 0.15) is 13.8 Å². The molecule has 0 aromatic carbocycles. The molecule has 86 valence electrons. The molecule has 1 aromatic heterocycles. The first-order valence-corrected chi connectivity index (χ1v) is 6.13. The number of anilines is 1. The Morgan fingerprint density at radius 2 is 2.31 bits per heavy atom. The van der Waals surface area contributed by atoms with Gasteiger partial charge in [-0.25, -0.2) is 9.97 Å². The lowest BCUT2D eigenvalue weighted by atomic mass is 9.99. The molecule has 0 saturated carbocycles. The number of nitrogens with one attached hydrogen (secondary N) is 1. The molecule has 6 heteroatoms. The maximum absolute atomic E-state index is 11.8. The average Bonchev–Trinajstić information content (AvgIpc) is 2.24. The lowest BCUT2D eigenvalue weighted by molar-refractivity contribution is -0.126. The first kappa shape index (κ1) is 11.6. The Labute approximate surface area is 108 Å². The van der Waals surface area contributed by atoms with Gasteiger partial charge in [-0.15, -0.1) is 0 Å². The number of carbonyl (C=O) groups is 1. The van der Waals surface area contributed by atoms with E-state index < -0.39 is 5.54 Å². The molecule has 1 fully saturated rings. The average molecular weight is 332 g/mol. The zero-order valence-corrected chi connectivity index (χ0v) is 11.4. The van der Waals surface area contributed by atoms with Crippen molar-refractivity contribution in [1.29, 1.82) is 0 Å². The number of hydrogen-bond acceptors (Lipinski definition) is 4. The smallest absolute Gasteiger partial charge is 0.245 e. The number of carbonyl (C=O) groups excluding carboxylic acids is 1. The number of nitrogens with zero attached hydrogens (tertiary/aromatic N) is 3. The van der Waals surface area contributed by atoms with Crippen molar-refractivity contribution in [2.45, 2.75) is 19.4 Å². The van der Waals surface area contributed by atoms with E-state index in [1.807, 2.05) is 18.7 Å². The highest BCUT2D eigenvalue weighted by atomic mass is 127. The number of amides is 1. The van der Waals surface area contributed by atoms with Gasteiger partial charge in [0.25, 0.3) is 0 Å². The van der Waals surface area contributed by atoms with E-state index in [2.05, 4.69) is 37.9 Å². The summed E-state index contributed by atoms with van der Waals surface area (Å²) in [6, 6.07) is 0. The van der Waals surface area contributed by atoms with E-state index in [0.717, 1.165) is 15.9 Å². The van der Waals surface area contributed by atoms with Gasteiger partial charge in [0.15, 0.2) is 0 Å². The van der Waals surface area contributed by atoms with Crippen molar-refractivity contribution in [1.82, 2.24) is 15.3 Å². The Balaban J connectivity index is 2.40. The molecule has 1 saturated heterocycles. The van der Waals surface area contributed by atoms with Gasteiger partial charge in [-0.05, 0) is 36.4 Å². The van der Waals surface area contributed by atoms with Gasteiger partial charge in [-0.1, -0.05) is 0 Å². The van der Waals surface area contributed by atoms with Crippen molar-refractivity contribution in [2.24, 2.45) is 0 Å². The van der Waals surface area contributed by atoms with Gasteiger partial charge >= 0.3 is 0 Å². The Kier molecular flexibility index (Phi) is 3.00. The van der Waals surface area contributed by atoms with E-state index in [1.165, 1.54) is 6.33 Å². The summed E-state index contributed by atoms with van der Waals surface area (Å²) in [5, 5.41) is 2.87. The van der Waals surface area contributed by atoms with Gasteiger partial charge in [0.2, 0.25) is 5.91 Å². The minimum Gasteiger partial charge on any atom is -0.352 e. The molecule has 1 aliphatic rings. The minimum atomic E-state index is -0.563. The van der Waals surface area contributed by atoms with Gasteiger partial charge in [0.1, 0.15) is 17.7 Å².